The van der Waals surface area contributed by atoms with Crippen LogP contribution in [0.5, 0.6) is 0 Å². The van der Waals surface area contributed by atoms with E-state index in [4.69, 9.17) is 0 Å². The summed E-state index contributed by atoms with van der Waals surface area (Å²) in [5.41, 5.74) is -2.62. The highest BCUT2D eigenvalue weighted by Gasteiger charge is 2.49. The molecule has 0 saturated heterocycles. The van der Waals surface area contributed by atoms with Gasteiger partial charge in [0.25, 0.3) is 0 Å². The summed E-state index contributed by atoms with van der Waals surface area (Å²) in [7, 11) is -5.62. The zero-order valence-electron chi connectivity index (χ0n) is 10.2. The third-order valence-electron chi connectivity index (χ3n) is 2.98. The molecule has 0 heterocycles. The average Bonchev–Trinajstić information content (AvgIpc) is 2.66. The van der Waals surface area contributed by atoms with Gasteiger partial charge in [-0.25, -0.2) is 0 Å². The third kappa shape index (κ3) is 2.34. The van der Waals surface area contributed by atoms with E-state index in [9.17, 15) is 21.6 Å². The van der Waals surface area contributed by atoms with Crippen LogP contribution in [0, 0.1) is 13.8 Å². The lowest BCUT2D eigenvalue weighted by atomic mass is 9.99. The summed E-state index contributed by atoms with van der Waals surface area (Å²) in [5.74, 6) is -0.242. The van der Waals surface area contributed by atoms with Gasteiger partial charge in [0, 0.05) is 5.56 Å². The molecule has 0 amide bonds. The average molecular weight is 292 g/mol. The van der Waals surface area contributed by atoms with Gasteiger partial charge in [0.2, 0.25) is 0 Å². The summed E-state index contributed by atoms with van der Waals surface area (Å²) in [6.45, 7) is 3.51. The fourth-order valence-corrected chi connectivity index (χ4v) is 2.50. The summed E-state index contributed by atoms with van der Waals surface area (Å²) in [6, 6.07) is 3.56. The quantitative estimate of drug-likeness (QED) is 0.621. The third-order valence-corrected chi connectivity index (χ3v) is 3.94. The van der Waals surface area contributed by atoms with Crippen molar-refractivity contribution in [3.05, 3.63) is 40.5 Å². The van der Waals surface area contributed by atoms with Crippen LogP contribution in [0.4, 0.5) is 13.2 Å². The van der Waals surface area contributed by atoms with E-state index in [2.05, 4.69) is 4.18 Å². The molecule has 19 heavy (non-hydrogen) atoms. The molecule has 0 fully saturated rings. The second-order valence-electron chi connectivity index (χ2n) is 4.31. The van der Waals surface area contributed by atoms with Gasteiger partial charge in [-0.15, -0.1) is 0 Å². The number of benzene rings is 1. The van der Waals surface area contributed by atoms with Crippen LogP contribution in [0.2, 0.25) is 0 Å². The zero-order chi connectivity index (χ0) is 14.4. The van der Waals surface area contributed by atoms with Crippen molar-refractivity contribution >= 4 is 15.9 Å². The summed E-state index contributed by atoms with van der Waals surface area (Å²) >= 11 is 0. The number of fused-ring (bicyclic) bond motifs is 1. The van der Waals surface area contributed by atoms with E-state index in [0.29, 0.717) is 17.5 Å². The Morgan fingerprint density at radius 3 is 2.32 bits per heavy atom. The first-order chi connectivity index (χ1) is 8.63. The van der Waals surface area contributed by atoms with Crippen LogP contribution in [-0.4, -0.2) is 13.9 Å². The molecule has 104 valence electrons. The van der Waals surface area contributed by atoms with Gasteiger partial charge in [0.05, 0.1) is 0 Å². The Balaban J connectivity index is 2.42. The largest absolute Gasteiger partial charge is 0.534 e. The minimum absolute atomic E-state index is 0.242. The fourth-order valence-electron chi connectivity index (χ4n) is 2.01. The predicted octanol–water partition coefficient (Wildman–Crippen LogP) is 3.07. The molecule has 0 bridgehead atoms. The minimum Gasteiger partial charge on any atom is -0.376 e. The molecular weight excluding hydrogens is 281 g/mol. The lowest BCUT2D eigenvalue weighted by Gasteiger charge is -2.13. The van der Waals surface area contributed by atoms with Gasteiger partial charge < -0.3 is 4.18 Å². The maximum Gasteiger partial charge on any atom is 0.534 e. The Labute approximate surface area is 108 Å². The molecule has 1 aliphatic rings. The maximum atomic E-state index is 12.3. The highest BCUT2D eigenvalue weighted by atomic mass is 32.2. The summed E-state index contributed by atoms with van der Waals surface area (Å²) in [4.78, 5) is 0. The van der Waals surface area contributed by atoms with Crippen LogP contribution >= 0.6 is 0 Å². The van der Waals surface area contributed by atoms with Crippen LogP contribution in [0.3, 0.4) is 0 Å². The van der Waals surface area contributed by atoms with E-state index in [1.165, 1.54) is 6.08 Å². The van der Waals surface area contributed by atoms with E-state index < -0.39 is 15.6 Å². The van der Waals surface area contributed by atoms with E-state index in [1.54, 1.807) is 13.0 Å². The van der Waals surface area contributed by atoms with E-state index in [-0.39, 0.29) is 5.76 Å². The number of halogens is 3. The van der Waals surface area contributed by atoms with Gasteiger partial charge in [0.1, 0.15) is 5.76 Å². The van der Waals surface area contributed by atoms with Crippen molar-refractivity contribution in [2.24, 2.45) is 0 Å². The predicted molar refractivity (Wildman–Crippen MR) is 63.7 cm³/mol. The highest BCUT2D eigenvalue weighted by molar-refractivity contribution is 7.87. The number of alkyl halides is 3. The number of hydrogen-bond acceptors (Lipinski definition) is 3. The Morgan fingerprint density at radius 1 is 1.16 bits per heavy atom. The number of aryl methyl sites for hydroxylation is 2. The van der Waals surface area contributed by atoms with Gasteiger partial charge in [-0.05, 0) is 43.0 Å². The normalized spacial score (nSPS) is 15.1. The first-order valence-corrected chi connectivity index (χ1v) is 6.84. The molecule has 0 atom stereocenters. The van der Waals surface area contributed by atoms with Crippen molar-refractivity contribution < 1.29 is 25.8 Å². The first-order valence-electron chi connectivity index (χ1n) is 5.44. The van der Waals surface area contributed by atoms with Crippen molar-refractivity contribution in [1.29, 1.82) is 0 Å². The van der Waals surface area contributed by atoms with Gasteiger partial charge >= 0.3 is 15.6 Å². The van der Waals surface area contributed by atoms with Gasteiger partial charge in [-0.2, -0.15) is 21.6 Å². The number of rotatable bonds is 2. The highest BCUT2D eigenvalue weighted by Crippen LogP contribution is 2.37. The first kappa shape index (κ1) is 13.9. The van der Waals surface area contributed by atoms with Crippen LogP contribution in [0.25, 0.3) is 5.76 Å². The molecule has 0 unspecified atom stereocenters. The Bertz CT molecular complexity index is 658. The Hall–Kier alpha value is -1.50. The van der Waals surface area contributed by atoms with Crippen LogP contribution in [-0.2, 0) is 20.7 Å². The van der Waals surface area contributed by atoms with Crippen molar-refractivity contribution in [1.82, 2.24) is 0 Å². The van der Waals surface area contributed by atoms with Crippen LogP contribution in [0.15, 0.2) is 18.2 Å². The van der Waals surface area contributed by atoms with Crippen molar-refractivity contribution in [3.8, 4) is 0 Å². The molecule has 7 heteroatoms. The SMILES string of the molecule is Cc1ccc(C)c2c1CC=C2OS(=O)(=O)C(F)(F)F. The molecule has 3 nitrogen and oxygen atoms in total. The molecule has 0 aliphatic heterocycles. The van der Waals surface area contributed by atoms with Gasteiger partial charge in [-0.1, -0.05) is 12.1 Å². The standard InChI is InChI=1S/C12H11F3O3S/c1-7-3-4-8(2)11-9(7)5-6-10(11)18-19(16,17)12(13,14)15/h3-4,6H,5H2,1-2H3. The number of allylic oxidation sites excluding steroid dienone is 1. The monoisotopic (exact) mass is 292 g/mol. The second kappa shape index (κ2) is 4.26. The minimum atomic E-state index is -5.62. The van der Waals surface area contributed by atoms with E-state index in [0.717, 1.165) is 11.1 Å². The molecule has 0 spiro atoms. The van der Waals surface area contributed by atoms with Crippen molar-refractivity contribution in [2.75, 3.05) is 0 Å². The second-order valence-corrected chi connectivity index (χ2v) is 5.85. The van der Waals surface area contributed by atoms with E-state index in [1.807, 2.05) is 13.0 Å². The lowest BCUT2D eigenvalue weighted by Crippen LogP contribution is -2.25. The lowest BCUT2D eigenvalue weighted by molar-refractivity contribution is -0.0509. The van der Waals surface area contributed by atoms with Gasteiger partial charge in [0.15, 0.2) is 0 Å². The molecule has 2 rings (SSSR count). The molecule has 0 N–H and O–H groups in total. The van der Waals surface area contributed by atoms with Crippen molar-refractivity contribution in [3.63, 3.8) is 0 Å². The number of hydrogen-bond donors (Lipinski definition) is 0. The van der Waals surface area contributed by atoms with Crippen LogP contribution < -0.4 is 0 Å². The van der Waals surface area contributed by atoms with Crippen molar-refractivity contribution in [2.45, 2.75) is 25.8 Å². The van der Waals surface area contributed by atoms with Gasteiger partial charge in [-0.3, -0.25) is 0 Å². The molecule has 1 aromatic rings. The van der Waals surface area contributed by atoms with E-state index >= 15 is 0 Å². The fraction of sp³-hybridized carbons (Fsp3) is 0.333. The summed E-state index contributed by atoms with van der Waals surface area (Å²) in [6.07, 6.45) is 1.72. The molecular formula is C12H11F3O3S. The summed E-state index contributed by atoms with van der Waals surface area (Å²) < 4.78 is 63.2. The summed E-state index contributed by atoms with van der Waals surface area (Å²) in [5, 5.41) is 0. The van der Waals surface area contributed by atoms with Crippen LogP contribution in [0.1, 0.15) is 22.3 Å². The Morgan fingerprint density at radius 2 is 1.74 bits per heavy atom. The molecule has 0 radical (unpaired) electrons. The smallest absolute Gasteiger partial charge is 0.376 e. The Kier molecular flexibility index (Phi) is 3.12. The molecule has 1 aromatic carbocycles. The zero-order valence-corrected chi connectivity index (χ0v) is 11.0. The topological polar surface area (TPSA) is 43.4 Å². The molecule has 1 aliphatic carbocycles. The maximum absolute atomic E-state index is 12.3. The molecule has 0 saturated carbocycles. The molecule has 0 aromatic heterocycles.